The zero-order chi connectivity index (χ0) is 21.8. The van der Waals surface area contributed by atoms with Crippen molar-refractivity contribution in [2.24, 2.45) is 0 Å². The third-order valence-corrected chi connectivity index (χ3v) is 4.84. The van der Waals surface area contributed by atoms with Gasteiger partial charge in [-0.2, -0.15) is 10.2 Å². The highest BCUT2D eigenvalue weighted by Crippen LogP contribution is 2.29. The average Bonchev–Trinajstić information content (AvgIpc) is 3.17. The van der Waals surface area contributed by atoms with Crippen LogP contribution in [0, 0.1) is 11.3 Å². The van der Waals surface area contributed by atoms with Crippen LogP contribution in [0.15, 0.2) is 65.2 Å². The first-order chi connectivity index (χ1) is 15.0. The van der Waals surface area contributed by atoms with Crippen LogP contribution >= 0.6 is 23.2 Å². The van der Waals surface area contributed by atoms with Crippen molar-refractivity contribution < 1.29 is 18.7 Å². The number of ether oxygens (including phenoxy) is 2. The van der Waals surface area contributed by atoms with E-state index in [4.69, 9.17) is 37.1 Å². The predicted octanol–water partition coefficient (Wildman–Crippen LogP) is 5.58. The lowest BCUT2D eigenvalue weighted by Gasteiger charge is -2.12. The highest BCUT2D eigenvalue weighted by Gasteiger charge is 2.23. The summed E-state index contributed by atoms with van der Waals surface area (Å²) in [6.45, 7) is -0.297. The van der Waals surface area contributed by atoms with Crippen LogP contribution in [0.3, 0.4) is 0 Å². The molecule has 154 valence electrons. The minimum atomic E-state index is -1.06. The molecule has 1 atom stereocenters. The molecular weight excluding hydrogens is 441 g/mol. The largest absolute Gasteiger partial charge is 0.486 e. The first-order valence-corrected chi connectivity index (χ1v) is 9.78. The summed E-state index contributed by atoms with van der Waals surface area (Å²) in [7, 11) is 0. The molecule has 2 heterocycles. The van der Waals surface area contributed by atoms with Gasteiger partial charge in [0.15, 0.2) is 5.78 Å². The first kappa shape index (κ1) is 20.7. The van der Waals surface area contributed by atoms with Gasteiger partial charge in [0.2, 0.25) is 0 Å². The topological polar surface area (TPSA) is 98.2 Å². The lowest BCUT2D eigenvalue weighted by Crippen LogP contribution is -2.19. The fourth-order valence-electron chi connectivity index (χ4n) is 2.79. The molecule has 0 radical (unpaired) electrons. The van der Waals surface area contributed by atoms with E-state index >= 15 is 0 Å². The number of benzene rings is 2. The predicted molar refractivity (Wildman–Crippen MR) is 114 cm³/mol. The molecule has 2 aromatic carbocycles. The number of oxazole rings is 1. The van der Waals surface area contributed by atoms with E-state index < -0.39 is 11.7 Å². The van der Waals surface area contributed by atoms with Crippen molar-refractivity contribution in [2.45, 2.75) is 5.92 Å². The third kappa shape index (κ3) is 4.77. The molecule has 9 heteroatoms. The van der Waals surface area contributed by atoms with E-state index in [1.165, 1.54) is 6.07 Å². The number of ketones is 1. The van der Waals surface area contributed by atoms with E-state index in [1.54, 1.807) is 54.7 Å². The Morgan fingerprint density at radius 3 is 2.61 bits per heavy atom. The molecule has 0 spiro atoms. The van der Waals surface area contributed by atoms with E-state index in [1.807, 2.05) is 6.07 Å². The van der Waals surface area contributed by atoms with Crippen molar-refractivity contribution in [3.8, 4) is 23.6 Å². The fourth-order valence-corrected chi connectivity index (χ4v) is 3.30. The molecule has 0 fully saturated rings. The molecule has 1 unspecified atom stereocenters. The maximum atomic E-state index is 12.5. The van der Waals surface area contributed by atoms with Crippen LogP contribution in [0.2, 0.25) is 10.0 Å². The number of nitrogens with zero attached hydrogens (tertiary/aromatic N) is 3. The van der Waals surface area contributed by atoms with Crippen LogP contribution in [-0.4, -0.2) is 22.4 Å². The van der Waals surface area contributed by atoms with Crippen LogP contribution in [-0.2, 0) is 4.79 Å². The highest BCUT2D eigenvalue weighted by molar-refractivity contribution is 6.35. The maximum absolute atomic E-state index is 12.5. The lowest BCUT2D eigenvalue weighted by atomic mass is 9.96. The fraction of sp³-hybridized carbons (Fsp3) is 0.0909. The van der Waals surface area contributed by atoms with Gasteiger partial charge in [-0.1, -0.05) is 29.3 Å². The third-order valence-electron chi connectivity index (χ3n) is 4.28. The highest BCUT2D eigenvalue weighted by atomic mass is 35.5. The van der Waals surface area contributed by atoms with Gasteiger partial charge in [0, 0.05) is 16.2 Å². The van der Waals surface area contributed by atoms with Gasteiger partial charge in [0.25, 0.3) is 5.71 Å². The molecule has 4 aromatic rings. The Bertz CT molecular complexity index is 1250. The second-order valence-corrected chi connectivity index (χ2v) is 7.21. The van der Waals surface area contributed by atoms with E-state index in [2.05, 4.69) is 9.97 Å². The minimum Gasteiger partial charge on any atom is -0.486 e. The van der Waals surface area contributed by atoms with E-state index in [0.717, 1.165) is 0 Å². The number of hydrogen-bond donors (Lipinski definition) is 0. The number of fused-ring (bicyclic) bond motifs is 1. The quantitative estimate of drug-likeness (QED) is 0.360. The summed E-state index contributed by atoms with van der Waals surface area (Å²) in [5, 5.41) is 10.1. The van der Waals surface area contributed by atoms with Gasteiger partial charge in [-0.3, -0.25) is 4.79 Å². The van der Waals surface area contributed by atoms with Gasteiger partial charge < -0.3 is 13.9 Å². The number of hydrogen-bond acceptors (Lipinski definition) is 7. The van der Waals surface area contributed by atoms with Gasteiger partial charge in [-0.25, -0.2) is 4.98 Å². The molecule has 0 N–H and O–H groups in total. The summed E-state index contributed by atoms with van der Waals surface area (Å²) >= 11 is 12.0. The van der Waals surface area contributed by atoms with Crippen molar-refractivity contribution in [1.29, 1.82) is 5.26 Å². The molecule has 0 aliphatic rings. The summed E-state index contributed by atoms with van der Waals surface area (Å²) < 4.78 is 16.5. The van der Waals surface area contributed by atoms with Crippen molar-refractivity contribution in [3.05, 3.63) is 76.4 Å². The second-order valence-electron chi connectivity index (χ2n) is 6.36. The summed E-state index contributed by atoms with van der Waals surface area (Å²) in [4.78, 5) is 20.7. The Labute approximate surface area is 186 Å². The Balaban J connectivity index is 1.38. The zero-order valence-corrected chi connectivity index (χ0v) is 17.3. The number of carbonyl (C=O) groups excluding carboxylic acids is 1. The van der Waals surface area contributed by atoms with Gasteiger partial charge in [-0.05, 0) is 54.1 Å². The smallest absolute Gasteiger partial charge is 0.401 e. The van der Waals surface area contributed by atoms with Crippen LogP contribution in [0.5, 0.6) is 17.6 Å². The van der Waals surface area contributed by atoms with Crippen molar-refractivity contribution in [3.63, 3.8) is 0 Å². The molecule has 0 aliphatic heterocycles. The number of nitriles is 1. The van der Waals surface area contributed by atoms with E-state index in [-0.39, 0.29) is 17.7 Å². The monoisotopic (exact) mass is 453 g/mol. The SMILES string of the molecule is N#CC(C(=O)COc1ccc(Oc2nc3cccnc3o2)cc1)c1ccc(Cl)cc1Cl. The lowest BCUT2D eigenvalue weighted by molar-refractivity contribution is -0.121. The number of rotatable bonds is 7. The van der Waals surface area contributed by atoms with Crippen molar-refractivity contribution in [2.75, 3.05) is 6.61 Å². The zero-order valence-electron chi connectivity index (χ0n) is 15.8. The van der Waals surface area contributed by atoms with E-state index in [0.29, 0.717) is 33.3 Å². The van der Waals surface area contributed by atoms with Crippen molar-refractivity contribution >= 4 is 40.2 Å². The number of aromatic nitrogens is 2. The van der Waals surface area contributed by atoms with Crippen LogP contribution in [0.1, 0.15) is 11.5 Å². The van der Waals surface area contributed by atoms with Crippen molar-refractivity contribution in [1.82, 2.24) is 9.97 Å². The average molecular weight is 454 g/mol. The molecule has 0 amide bonds. The molecule has 31 heavy (non-hydrogen) atoms. The molecule has 0 bridgehead atoms. The van der Waals surface area contributed by atoms with Gasteiger partial charge in [-0.15, -0.1) is 0 Å². The Hall–Kier alpha value is -3.60. The van der Waals surface area contributed by atoms with Crippen LogP contribution < -0.4 is 9.47 Å². The first-order valence-electron chi connectivity index (χ1n) is 9.03. The van der Waals surface area contributed by atoms with Crippen LogP contribution in [0.25, 0.3) is 11.2 Å². The number of Topliss-reactive ketones (excluding diaryl/α,β-unsaturated/α-hetero) is 1. The Morgan fingerprint density at radius 1 is 1.13 bits per heavy atom. The maximum Gasteiger partial charge on any atom is 0.401 e. The molecule has 0 aliphatic carbocycles. The van der Waals surface area contributed by atoms with Gasteiger partial charge in [0.05, 0.1) is 6.07 Å². The van der Waals surface area contributed by atoms with E-state index in [9.17, 15) is 10.1 Å². The summed E-state index contributed by atoms with van der Waals surface area (Å²) in [6, 6.07) is 16.6. The molecule has 4 rings (SSSR count). The van der Waals surface area contributed by atoms with Gasteiger partial charge in [0.1, 0.15) is 29.5 Å². The Kier molecular flexibility index (Phi) is 6.03. The minimum absolute atomic E-state index is 0.0641. The molecular formula is C22H13Cl2N3O4. The molecule has 0 saturated carbocycles. The summed E-state index contributed by atoms with van der Waals surface area (Å²) in [6.07, 6.45) is 1.66. The summed E-state index contributed by atoms with van der Waals surface area (Å²) in [5.74, 6) is -0.585. The summed E-state index contributed by atoms with van der Waals surface area (Å²) in [5.41, 5.74) is 1.35. The Morgan fingerprint density at radius 2 is 1.90 bits per heavy atom. The number of halogens is 2. The van der Waals surface area contributed by atoms with Gasteiger partial charge >= 0.3 is 6.08 Å². The normalized spacial score (nSPS) is 11.6. The standard InChI is InChI=1S/C22H13Cl2N3O4/c23-13-3-8-16(18(24)10-13)17(11-25)20(28)12-29-14-4-6-15(7-5-14)30-22-27-19-2-1-9-26-21(19)31-22/h1-10,17H,12H2. The molecule has 0 saturated heterocycles. The molecule has 2 aromatic heterocycles. The number of pyridine rings is 1. The number of carbonyl (C=O) groups is 1. The molecule has 7 nitrogen and oxygen atoms in total. The second kappa shape index (κ2) is 9.04. The van der Waals surface area contributed by atoms with Crippen LogP contribution in [0.4, 0.5) is 0 Å².